The lowest BCUT2D eigenvalue weighted by Gasteiger charge is -2.39. The van der Waals surface area contributed by atoms with Gasteiger partial charge in [0.1, 0.15) is 11.5 Å². The van der Waals surface area contributed by atoms with Crippen LogP contribution in [0.3, 0.4) is 0 Å². The van der Waals surface area contributed by atoms with Crippen molar-refractivity contribution in [3.63, 3.8) is 0 Å². The SMILES string of the molecule is c1ccc(-c2nc(-c3ccccc3)nc(-c3ccc4c(c3)C3(c5ccccc5Oc5ccccc53)c3cc(-c5cccc6c5c5cc7c8ccccc8n(-c8ccccc8)c7cc5n6-c5ccccc5)ccc3-4)n2)cc1. The highest BCUT2D eigenvalue weighted by Gasteiger charge is 2.51. The van der Waals surface area contributed by atoms with Crippen LogP contribution in [0, 0.1) is 0 Å². The van der Waals surface area contributed by atoms with Crippen molar-refractivity contribution < 1.29 is 4.74 Å². The van der Waals surface area contributed by atoms with Gasteiger partial charge in [-0.05, 0) is 106 Å². The van der Waals surface area contributed by atoms with E-state index in [2.05, 4.69) is 234 Å². The van der Waals surface area contributed by atoms with Crippen LogP contribution in [0.4, 0.5) is 0 Å². The van der Waals surface area contributed by atoms with Crippen molar-refractivity contribution in [1.82, 2.24) is 24.1 Å². The van der Waals surface area contributed by atoms with E-state index in [0.29, 0.717) is 17.5 Å². The third-order valence-electron chi connectivity index (χ3n) is 15.8. The first-order chi connectivity index (χ1) is 37.7. The van der Waals surface area contributed by atoms with E-state index in [-0.39, 0.29) is 0 Å². The minimum absolute atomic E-state index is 0.610. The molecule has 1 spiro atoms. The smallest absolute Gasteiger partial charge is 0.164 e. The second-order valence-corrected chi connectivity index (χ2v) is 19.8. The lowest BCUT2D eigenvalue weighted by Crippen LogP contribution is -2.32. The predicted octanol–water partition coefficient (Wildman–Crippen LogP) is 17.2. The molecular weight excluding hydrogens is 927 g/mol. The van der Waals surface area contributed by atoms with Crippen LogP contribution in [0.5, 0.6) is 11.5 Å². The maximum Gasteiger partial charge on any atom is 0.164 e. The number of nitrogens with zero attached hydrogens (tertiary/aromatic N) is 5. The Morgan fingerprint density at radius 1 is 0.289 bits per heavy atom. The van der Waals surface area contributed by atoms with Crippen molar-refractivity contribution in [3.8, 4) is 79.3 Å². The van der Waals surface area contributed by atoms with Gasteiger partial charge in [-0.2, -0.15) is 0 Å². The van der Waals surface area contributed by atoms with Crippen LogP contribution in [-0.4, -0.2) is 24.1 Å². The predicted molar refractivity (Wildman–Crippen MR) is 308 cm³/mol. The summed E-state index contributed by atoms with van der Waals surface area (Å²) >= 11 is 0. The van der Waals surface area contributed by atoms with Crippen molar-refractivity contribution in [2.45, 2.75) is 5.41 Å². The zero-order valence-electron chi connectivity index (χ0n) is 41.0. The average Bonchev–Trinajstić information content (AvgIpc) is 4.26. The fourth-order valence-corrected chi connectivity index (χ4v) is 12.6. The molecule has 2 aliphatic rings. The molecule has 0 bridgehead atoms. The molecule has 0 atom stereocenters. The maximum atomic E-state index is 6.86. The number of fused-ring (bicyclic) bond motifs is 15. The molecule has 354 valence electrons. The molecule has 0 fully saturated rings. The molecule has 0 saturated heterocycles. The zero-order valence-corrected chi connectivity index (χ0v) is 41.0. The van der Waals surface area contributed by atoms with Gasteiger partial charge in [-0.25, -0.2) is 15.0 Å². The van der Waals surface area contributed by atoms with E-state index >= 15 is 0 Å². The van der Waals surface area contributed by atoms with Crippen molar-refractivity contribution >= 4 is 43.6 Å². The Labute approximate surface area is 438 Å². The molecule has 11 aromatic carbocycles. The van der Waals surface area contributed by atoms with E-state index in [9.17, 15) is 0 Å². The largest absolute Gasteiger partial charge is 0.457 e. The van der Waals surface area contributed by atoms with E-state index in [1.165, 1.54) is 49.3 Å². The van der Waals surface area contributed by atoms with Gasteiger partial charge in [0.25, 0.3) is 0 Å². The molecule has 0 N–H and O–H groups in total. The molecule has 76 heavy (non-hydrogen) atoms. The molecule has 1 aliphatic heterocycles. The normalized spacial score (nSPS) is 12.9. The van der Waals surface area contributed by atoms with Crippen LogP contribution >= 0.6 is 0 Å². The summed E-state index contributed by atoms with van der Waals surface area (Å²) in [6.45, 7) is 0. The fraction of sp³-hybridized carbons (Fsp3) is 0.0143. The number of aromatic nitrogens is 5. The van der Waals surface area contributed by atoms with Crippen LogP contribution in [0.1, 0.15) is 22.3 Å². The Balaban J connectivity index is 0.961. The van der Waals surface area contributed by atoms with Gasteiger partial charge >= 0.3 is 0 Å². The van der Waals surface area contributed by atoms with Crippen LogP contribution in [-0.2, 0) is 5.41 Å². The highest BCUT2D eigenvalue weighted by Crippen LogP contribution is 2.63. The second kappa shape index (κ2) is 16.4. The van der Waals surface area contributed by atoms with Gasteiger partial charge in [0.2, 0.25) is 0 Å². The highest BCUT2D eigenvalue weighted by molar-refractivity contribution is 6.22. The standard InChI is InChI=1S/C70H43N5O/c1-5-20-44(21-6-1)67-71-68(45-22-7-2-8-23-45)73-69(72-67)47-37-39-52-51-38-36-46(40-58(51)70(59(52)41-47)56-30-14-17-34-64(56)76-65-35-18-15-31-57(65)70)50-29-19-33-61-66(50)55-42-54-53-28-13-16-32-60(53)74(48-24-9-3-10-25-48)62(54)43-63(55)75(61)49-26-11-4-12-27-49/h1-43H. The lowest BCUT2D eigenvalue weighted by atomic mass is 9.65. The number of rotatable bonds is 6. The summed E-state index contributed by atoms with van der Waals surface area (Å²) in [5.41, 5.74) is 18.0. The van der Waals surface area contributed by atoms with Crippen LogP contribution < -0.4 is 4.74 Å². The number of para-hydroxylation sites is 5. The van der Waals surface area contributed by atoms with E-state index in [4.69, 9.17) is 19.7 Å². The summed E-state index contributed by atoms with van der Waals surface area (Å²) in [4.78, 5) is 15.5. The summed E-state index contributed by atoms with van der Waals surface area (Å²) in [6.07, 6.45) is 0. The third kappa shape index (κ3) is 6.12. The number of hydrogen-bond acceptors (Lipinski definition) is 4. The minimum Gasteiger partial charge on any atom is -0.457 e. The van der Waals surface area contributed by atoms with Gasteiger partial charge in [-0.15, -0.1) is 0 Å². The van der Waals surface area contributed by atoms with Crippen molar-refractivity contribution in [1.29, 1.82) is 0 Å². The Morgan fingerprint density at radius 2 is 0.763 bits per heavy atom. The first-order valence-electron chi connectivity index (χ1n) is 25.8. The molecule has 0 amide bonds. The van der Waals surface area contributed by atoms with Gasteiger partial charge in [0.15, 0.2) is 17.5 Å². The second-order valence-electron chi connectivity index (χ2n) is 19.8. The summed E-state index contributed by atoms with van der Waals surface area (Å²) in [5.74, 6) is 3.53. The summed E-state index contributed by atoms with van der Waals surface area (Å²) in [6, 6.07) is 93.4. The van der Waals surface area contributed by atoms with Gasteiger partial charge in [-0.3, -0.25) is 0 Å². The van der Waals surface area contributed by atoms with Gasteiger partial charge < -0.3 is 13.9 Å². The first kappa shape index (κ1) is 42.3. The number of ether oxygens (including phenoxy) is 1. The van der Waals surface area contributed by atoms with E-state index in [1.54, 1.807) is 0 Å². The number of benzene rings is 11. The molecule has 1 aliphatic carbocycles. The van der Waals surface area contributed by atoms with Gasteiger partial charge in [0, 0.05) is 60.7 Å². The quantitative estimate of drug-likeness (QED) is 0.167. The highest BCUT2D eigenvalue weighted by atomic mass is 16.5. The monoisotopic (exact) mass is 969 g/mol. The van der Waals surface area contributed by atoms with Crippen LogP contribution in [0.25, 0.3) is 111 Å². The van der Waals surface area contributed by atoms with Crippen molar-refractivity contribution in [2.24, 2.45) is 0 Å². The molecule has 6 heteroatoms. The summed E-state index contributed by atoms with van der Waals surface area (Å²) in [7, 11) is 0. The number of hydrogen-bond donors (Lipinski definition) is 0. The third-order valence-corrected chi connectivity index (χ3v) is 15.8. The molecule has 0 unspecified atom stereocenters. The van der Waals surface area contributed by atoms with Gasteiger partial charge in [-0.1, -0.05) is 188 Å². The lowest BCUT2D eigenvalue weighted by molar-refractivity contribution is 0.436. The Kier molecular flexibility index (Phi) is 9.15. The molecule has 4 heterocycles. The Hall–Kier alpha value is -10.2. The zero-order chi connectivity index (χ0) is 49.9. The van der Waals surface area contributed by atoms with Crippen molar-refractivity contribution in [2.75, 3.05) is 0 Å². The van der Waals surface area contributed by atoms with E-state index in [0.717, 1.165) is 78.4 Å². The van der Waals surface area contributed by atoms with Crippen molar-refractivity contribution in [3.05, 3.63) is 283 Å². The molecule has 0 radical (unpaired) electrons. The summed E-state index contributed by atoms with van der Waals surface area (Å²) < 4.78 is 11.7. The maximum absolute atomic E-state index is 6.86. The average molecular weight is 970 g/mol. The topological polar surface area (TPSA) is 57.8 Å². The fourth-order valence-electron chi connectivity index (χ4n) is 12.6. The van der Waals surface area contributed by atoms with Crippen LogP contribution in [0.15, 0.2) is 261 Å². The Morgan fingerprint density at radius 3 is 1.38 bits per heavy atom. The van der Waals surface area contributed by atoms with E-state index < -0.39 is 5.41 Å². The molecular formula is C70H43N5O. The molecule has 16 rings (SSSR count). The molecule has 0 saturated carbocycles. The Bertz CT molecular complexity index is 4550. The minimum atomic E-state index is -0.767. The summed E-state index contributed by atoms with van der Waals surface area (Å²) in [5, 5.41) is 4.84. The van der Waals surface area contributed by atoms with E-state index in [1.807, 2.05) is 36.4 Å². The first-order valence-corrected chi connectivity index (χ1v) is 25.8. The molecule has 14 aromatic rings. The van der Waals surface area contributed by atoms with Crippen LogP contribution in [0.2, 0.25) is 0 Å². The van der Waals surface area contributed by atoms with Gasteiger partial charge in [0.05, 0.1) is 27.5 Å². The molecule has 6 nitrogen and oxygen atoms in total. The molecule has 3 aromatic heterocycles.